The van der Waals surface area contributed by atoms with Crippen LogP contribution in [0.2, 0.25) is 5.02 Å². The number of ether oxygens (including phenoxy) is 4. The Kier molecular flexibility index (Phi) is 7.54. The zero-order valence-electron chi connectivity index (χ0n) is 16.0. The lowest BCUT2D eigenvalue weighted by atomic mass is 10.1. The molecule has 29 heavy (non-hydrogen) atoms. The Balaban J connectivity index is 0.00000240. The van der Waals surface area contributed by atoms with Gasteiger partial charge in [-0.15, -0.1) is 24.0 Å². The fourth-order valence-electron chi connectivity index (χ4n) is 3.09. The first-order chi connectivity index (χ1) is 13.7. The van der Waals surface area contributed by atoms with Crippen LogP contribution in [0.1, 0.15) is 11.1 Å². The van der Waals surface area contributed by atoms with Crippen molar-refractivity contribution < 1.29 is 18.9 Å². The summed E-state index contributed by atoms with van der Waals surface area (Å²) < 4.78 is 21.9. The van der Waals surface area contributed by atoms with E-state index >= 15 is 0 Å². The largest absolute Gasteiger partial charge is 0.486 e. The number of fused-ring (bicyclic) bond motifs is 2. The van der Waals surface area contributed by atoms with E-state index in [0.29, 0.717) is 42.2 Å². The normalized spacial score (nSPS) is 14.2. The number of halogens is 2. The summed E-state index contributed by atoms with van der Waals surface area (Å²) in [5, 5.41) is 7.15. The number of guanidine groups is 1. The van der Waals surface area contributed by atoms with Gasteiger partial charge in [0.15, 0.2) is 29.0 Å². The summed E-state index contributed by atoms with van der Waals surface area (Å²) in [6, 6.07) is 9.81. The molecular formula is C20H23ClIN3O4. The molecule has 2 aromatic rings. The minimum Gasteiger partial charge on any atom is -0.486 e. The van der Waals surface area contributed by atoms with E-state index in [0.717, 1.165) is 30.0 Å². The van der Waals surface area contributed by atoms with Crippen LogP contribution in [0.5, 0.6) is 23.0 Å². The van der Waals surface area contributed by atoms with Crippen molar-refractivity contribution in [1.82, 2.24) is 10.6 Å². The van der Waals surface area contributed by atoms with Crippen LogP contribution in [0.15, 0.2) is 35.3 Å². The predicted molar refractivity (Wildman–Crippen MR) is 122 cm³/mol. The van der Waals surface area contributed by atoms with Gasteiger partial charge in [0, 0.05) is 20.1 Å². The van der Waals surface area contributed by atoms with Crippen molar-refractivity contribution in [3.05, 3.63) is 46.5 Å². The molecule has 0 radical (unpaired) electrons. The molecule has 2 aromatic carbocycles. The molecule has 2 heterocycles. The third-order valence-corrected chi connectivity index (χ3v) is 4.76. The van der Waals surface area contributed by atoms with E-state index in [1.54, 1.807) is 7.05 Å². The van der Waals surface area contributed by atoms with Crippen molar-refractivity contribution in [3.8, 4) is 23.0 Å². The fourth-order valence-corrected chi connectivity index (χ4v) is 3.38. The third kappa shape index (κ3) is 5.30. The quantitative estimate of drug-likeness (QED) is 0.350. The van der Waals surface area contributed by atoms with Gasteiger partial charge in [0.2, 0.25) is 6.79 Å². The van der Waals surface area contributed by atoms with E-state index in [1.807, 2.05) is 30.3 Å². The van der Waals surface area contributed by atoms with Crippen LogP contribution < -0.4 is 29.6 Å². The van der Waals surface area contributed by atoms with E-state index in [-0.39, 0.29) is 30.8 Å². The van der Waals surface area contributed by atoms with E-state index in [2.05, 4.69) is 15.6 Å². The molecule has 0 bridgehead atoms. The van der Waals surface area contributed by atoms with Crippen LogP contribution in [0.4, 0.5) is 0 Å². The molecular weight excluding hydrogens is 509 g/mol. The molecule has 0 atom stereocenters. The van der Waals surface area contributed by atoms with Gasteiger partial charge in [-0.2, -0.15) is 0 Å². The molecule has 7 nitrogen and oxygen atoms in total. The number of rotatable bonds is 5. The van der Waals surface area contributed by atoms with Gasteiger partial charge in [-0.25, -0.2) is 0 Å². The Morgan fingerprint density at radius 1 is 0.966 bits per heavy atom. The lowest BCUT2D eigenvalue weighted by Crippen LogP contribution is -2.37. The highest BCUT2D eigenvalue weighted by atomic mass is 127. The van der Waals surface area contributed by atoms with Gasteiger partial charge >= 0.3 is 0 Å². The molecule has 0 aromatic heterocycles. The SMILES string of the molecule is CN=C(NCCc1ccc2c(c1)OCO2)NCc1cc(Cl)c2c(c1)OCCO2.I. The molecule has 156 valence electrons. The van der Waals surface area contributed by atoms with Crippen LogP contribution in [0.25, 0.3) is 0 Å². The van der Waals surface area contributed by atoms with Crippen LogP contribution in [0.3, 0.4) is 0 Å². The zero-order chi connectivity index (χ0) is 19.3. The molecule has 0 amide bonds. The molecule has 0 fully saturated rings. The fraction of sp³-hybridized carbons (Fsp3) is 0.350. The zero-order valence-corrected chi connectivity index (χ0v) is 19.1. The van der Waals surface area contributed by atoms with Crippen LogP contribution >= 0.6 is 35.6 Å². The van der Waals surface area contributed by atoms with Crippen LogP contribution in [-0.4, -0.2) is 39.6 Å². The lowest BCUT2D eigenvalue weighted by Gasteiger charge is -2.20. The monoisotopic (exact) mass is 531 g/mol. The molecule has 2 aliphatic heterocycles. The summed E-state index contributed by atoms with van der Waals surface area (Å²) in [6.45, 7) is 2.65. The summed E-state index contributed by atoms with van der Waals surface area (Å²) in [7, 11) is 1.74. The van der Waals surface area contributed by atoms with Crippen molar-refractivity contribution in [2.24, 2.45) is 4.99 Å². The molecule has 2 N–H and O–H groups in total. The maximum atomic E-state index is 6.29. The van der Waals surface area contributed by atoms with Crippen molar-refractivity contribution in [3.63, 3.8) is 0 Å². The number of nitrogens with one attached hydrogen (secondary N) is 2. The van der Waals surface area contributed by atoms with E-state index in [1.165, 1.54) is 5.56 Å². The Hall–Kier alpha value is -2.07. The van der Waals surface area contributed by atoms with Crippen molar-refractivity contribution in [1.29, 1.82) is 0 Å². The number of hydrogen-bond acceptors (Lipinski definition) is 5. The Bertz CT molecular complexity index is 894. The topological polar surface area (TPSA) is 73.3 Å². The van der Waals surface area contributed by atoms with Gasteiger partial charge in [0.05, 0.1) is 5.02 Å². The predicted octanol–water partition coefficient (Wildman–Crippen LogP) is 3.37. The van der Waals surface area contributed by atoms with Gasteiger partial charge in [-0.3, -0.25) is 4.99 Å². The van der Waals surface area contributed by atoms with Gasteiger partial charge < -0.3 is 29.6 Å². The van der Waals surface area contributed by atoms with E-state index < -0.39 is 0 Å². The molecule has 0 aliphatic carbocycles. The number of benzene rings is 2. The van der Waals surface area contributed by atoms with Gasteiger partial charge in [0.25, 0.3) is 0 Å². The van der Waals surface area contributed by atoms with Crippen molar-refractivity contribution >= 4 is 41.5 Å². The Morgan fingerprint density at radius 3 is 2.62 bits per heavy atom. The van der Waals surface area contributed by atoms with E-state index in [4.69, 9.17) is 30.5 Å². The van der Waals surface area contributed by atoms with Gasteiger partial charge in [-0.1, -0.05) is 17.7 Å². The molecule has 4 rings (SSSR count). The highest BCUT2D eigenvalue weighted by Crippen LogP contribution is 2.38. The second-order valence-electron chi connectivity index (χ2n) is 6.39. The molecule has 0 spiro atoms. The smallest absolute Gasteiger partial charge is 0.231 e. The summed E-state index contributed by atoms with van der Waals surface area (Å²) in [5.41, 5.74) is 2.17. The summed E-state index contributed by atoms with van der Waals surface area (Å²) in [4.78, 5) is 4.26. The first-order valence-electron chi connectivity index (χ1n) is 9.14. The number of nitrogens with zero attached hydrogens (tertiary/aromatic N) is 1. The van der Waals surface area contributed by atoms with Gasteiger partial charge in [0.1, 0.15) is 13.2 Å². The summed E-state index contributed by atoms with van der Waals surface area (Å²) in [5.74, 6) is 3.61. The average molecular weight is 532 g/mol. The second kappa shape index (κ2) is 10.1. The average Bonchev–Trinajstić information content (AvgIpc) is 3.18. The minimum atomic E-state index is 0. The van der Waals surface area contributed by atoms with Crippen molar-refractivity contribution in [2.45, 2.75) is 13.0 Å². The Morgan fingerprint density at radius 2 is 1.76 bits per heavy atom. The maximum Gasteiger partial charge on any atom is 0.231 e. The summed E-state index contributed by atoms with van der Waals surface area (Å²) >= 11 is 6.29. The Labute approximate surface area is 191 Å². The minimum absolute atomic E-state index is 0. The van der Waals surface area contributed by atoms with Crippen LogP contribution in [-0.2, 0) is 13.0 Å². The standard InChI is InChI=1S/C20H22ClN3O4.HI/c1-22-20(23-5-4-13-2-3-16-17(9-13)28-12-27-16)24-11-14-8-15(21)19-18(10-14)25-6-7-26-19;/h2-3,8-10H,4-7,11-12H2,1H3,(H2,22,23,24);1H. The second-order valence-corrected chi connectivity index (χ2v) is 6.80. The first kappa shape index (κ1) is 21.6. The summed E-state index contributed by atoms with van der Waals surface area (Å²) in [6.07, 6.45) is 0.840. The van der Waals surface area contributed by atoms with Crippen LogP contribution in [0, 0.1) is 0 Å². The number of aliphatic imine (C=N–C) groups is 1. The first-order valence-corrected chi connectivity index (χ1v) is 9.52. The van der Waals surface area contributed by atoms with E-state index in [9.17, 15) is 0 Å². The highest BCUT2D eigenvalue weighted by molar-refractivity contribution is 14.0. The van der Waals surface area contributed by atoms with Crippen molar-refractivity contribution in [2.75, 3.05) is 33.6 Å². The molecule has 0 unspecified atom stereocenters. The van der Waals surface area contributed by atoms with Gasteiger partial charge in [-0.05, 0) is 41.8 Å². The highest BCUT2D eigenvalue weighted by Gasteiger charge is 2.17. The molecule has 0 saturated carbocycles. The molecule has 2 aliphatic rings. The molecule has 9 heteroatoms. The molecule has 0 saturated heterocycles. The number of hydrogen-bond donors (Lipinski definition) is 2. The lowest BCUT2D eigenvalue weighted by molar-refractivity contribution is 0.171. The maximum absolute atomic E-state index is 6.29. The third-order valence-electron chi connectivity index (χ3n) is 4.48.